The van der Waals surface area contributed by atoms with E-state index in [-0.39, 0.29) is 5.12 Å². The topological polar surface area (TPSA) is 63.2 Å². The van der Waals surface area contributed by atoms with E-state index in [1.165, 1.54) is 11.8 Å². The van der Waals surface area contributed by atoms with E-state index in [4.69, 9.17) is 23.7 Å². The molecule has 0 aliphatic carbocycles. The Morgan fingerprint density at radius 1 is 0.700 bits per heavy atom. The minimum absolute atomic E-state index is 0.0260. The zero-order valence-corrected chi connectivity index (χ0v) is 24.2. The Labute approximate surface area is 242 Å². The Morgan fingerprint density at radius 3 is 1.65 bits per heavy atom. The first kappa shape index (κ1) is 30.4. The van der Waals surface area contributed by atoms with E-state index in [0.29, 0.717) is 32.2 Å². The molecule has 214 valence electrons. The van der Waals surface area contributed by atoms with Gasteiger partial charge in [0.2, 0.25) is 0 Å². The van der Waals surface area contributed by atoms with Crippen LogP contribution in [0.4, 0.5) is 0 Å². The molecule has 1 aliphatic rings. The molecule has 0 radical (unpaired) electrons. The second-order valence-corrected chi connectivity index (χ2v) is 11.1. The van der Waals surface area contributed by atoms with Gasteiger partial charge in [-0.25, -0.2) is 0 Å². The molecule has 1 aliphatic heterocycles. The zero-order chi connectivity index (χ0) is 28.0. The minimum atomic E-state index is -0.662. The number of ether oxygens (including phenoxy) is 5. The highest BCUT2D eigenvalue weighted by molar-refractivity contribution is 8.13. The molecule has 0 spiro atoms. The normalized spacial score (nSPS) is 22.7. The van der Waals surface area contributed by atoms with Gasteiger partial charge < -0.3 is 23.7 Å². The molecule has 1 fully saturated rings. The summed E-state index contributed by atoms with van der Waals surface area (Å²) in [6.07, 6.45) is -0.704. The van der Waals surface area contributed by atoms with Gasteiger partial charge in [0.1, 0.15) is 18.3 Å². The molecule has 40 heavy (non-hydrogen) atoms. The van der Waals surface area contributed by atoms with Crippen LogP contribution in [0, 0.1) is 0 Å². The standard InChI is InChI=1S/C33H40O6S/c1-3-4-20-35-33-32(38-23-28-18-12-7-13-19-28)31(37-22-27-16-10-6-11-17-27)30(29(39-33)24-40-25(2)34)36-21-26-14-8-5-9-15-26/h5-19,29-33H,3-4,20-24H2,1-2H3/t29-,30?,31+,32-,33+/m1/s1. The fraction of sp³-hybridized carbons (Fsp3) is 0.424. The Balaban J connectivity index is 1.63. The third-order valence-electron chi connectivity index (χ3n) is 6.68. The zero-order valence-electron chi connectivity index (χ0n) is 23.4. The van der Waals surface area contributed by atoms with Crippen LogP contribution < -0.4 is 0 Å². The Morgan fingerprint density at radius 2 is 1.18 bits per heavy atom. The lowest BCUT2D eigenvalue weighted by atomic mass is 9.98. The van der Waals surface area contributed by atoms with E-state index < -0.39 is 30.7 Å². The van der Waals surface area contributed by atoms with Crippen molar-refractivity contribution in [3.05, 3.63) is 108 Å². The molecule has 0 amide bonds. The van der Waals surface area contributed by atoms with Crippen LogP contribution in [0.25, 0.3) is 0 Å². The van der Waals surface area contributed by atoms with Crippen molar-refractivity contribution in [3.63, 3.8) is 0 Å². The first-order chi connectivity index (χ1) is 19.6. The molecule has 0 bridgehead atoms. The van der Waals surface area contributed by atoms with E-state index >= 15 is 0 Å². The molecular formula is C33H40O6S. The lowest BCUT2D eigenvalue weighted by Crippen LogP contribution is -2.61. The highest BCUT2D eigenvalue weighted by atomic mass is 32.2. The van der Waals surface area contributed by atoms with E-state index in [1.54, 1.807) is 6.92 Å². The molecule has 7 heteroatoms. The number of rotatable bonds is 15. The van der Waals surface area contributed by atoms with Crippen molar-refractivity contribution >= 4 is 16.9 Å². The second kappa shape index (κ2) is 16.7. The summed E-state index contributed by atoms with van der Waals surface area (Å²) >= 11 is 1.23. The molecule has 3 aromatic rings. The van der Waals surface area contributed by atoms with Gasteiger partial charge in [-0.2, -0.15) is 0 Å². The average Bonchev–Trinajstić information content (AvgIpc) is 2.99. The summed E-state index contributed by atoms with van der Waals surface area (Å²) in [5.41, 5.74) is 3.15. The van der Waals surface area contributed by atoms with Crippen molar-refractivity contribution in [2.45, 2.75) is 77.2 Å². The highest BCUT2D eigenvalue weighted by Crippen LogP contribution is 2.33. The van der Waals surface area contributed by atoms with Gasteiger partial charge in [-0.15, -0.1) is 0 Å². The second-order valence-electron chi connectivity index (χ2n) is 9.85. The summed E-state index contributed by atoms with van der Waals surface area (Å²) in [5, 5.41) is 0.0260. The fourth-order valence-electron chi connectivity index (χ4n) is 4.56. The summed E-state index contributed by atoms with van der Waals surface area (Å²) in [6.45, 7) is 5.38. The fourth-order valence-corrected chi connectivity index (χ4v) is 5.22. The summed E-state index contributed by atoms with van der Waals surface area (Å²) in [6, 6.07) is 30.1. The molecule has 5 atom stereocenters. The quantitative estimate of drug-likeness (QED) is 0.194. The number of benzene rings is 3. The number of carbonyl (C=O) groups excluding carboxylic acids is 1. The van der Waals surface area contributed by atoms with Crippen LogP contribution in [0.1, 0.15) is 43.4 Å². The molecule has 3 aromatic carbocycles. The van der Waals surface area contributed by atoms with Crippen LogP contribution in [0.3, 0.4) is 0 Å². The van der Waals surface area contributed by atoms with Crippen LogP contribution in [-0.4, -0.2) is 48.2 Å². The lowest BCUT2D eigenvalue weighted by molar-refractivity contribution is -0.319. The Kier molecular flexibility index (Phi) is 12.7. The Hall–Kier alpha value is -2.52. The monoisotopic (exact) mass is 564 g/mol. The van der Waals surface area contributed by atoms with Crippen molar-refractivity contribution in [2.24, 2.45) is 0 Å². The summed E-state index contributed by atoms with van der Waals surface area (Å²) in [4.78, 5) is 12.0. The van der Waals surface area contributed by atoms with Gasteiger partial charge in [-0.1, -0.05) is 116 Å². The SMILES string of the molecule is CCCCO[C@H]1O[C@H](CSC(C)=O)C(OCc2ccccc2)[C@H](OCc2ccccc2)[C@H]1OCc1ccccc1. The molecule has 6 nitrogen and oxygen atoms in total. The van der Waals surface area contributed by atoms with E-state index in [1.807, 2.05) is 91.0 Å². The molecule has 4 rings (SSSR count). The van der Waals surface area contributed by atoms with Crippen LogP contribution in [-0.2, 0) is 48.3 Å². The van der Waals surface area contributed by atoms with E-state index in [0.717, 1.165) is 29.5 Å². The molecular weight excluding hydrogens is 524 g/mol. The number of thioether (sulfide) groups is 1. The van der Waals surface area contributed by atoms with Crippen molar-refractivity contribution in [3.8, 4) is 0 Å². The highest BCUT2D eigenvalue weighted by Gasteiger charge is 2.49. The van der Waals surface area contributed by atoms with Crippen molar-refractivity contribution in [1.82, 2.24) is 0 Å². The van der Waals surface area contributed by atoms with Crippen LogP contribution in [0.5, 0.6) is 0 Å². The molecule has 0 aromatic heterocycles. The number of hydrogen-bond donors (Lipinski definition) is 0. The third-order valence-corrected chi connectivity index (χ3v) is 7.58. The third kappa shape index (κ3) is 9.54. The van der Waals surface area contributed by atoms with Crippen molar-refractivity contribution in [2.75, 3.05) is 12.4 Å². The maximum atomic E-state index is 12.0. The van der Waals surface area contributed by atoms with Crippen molar-refractivity contribution in [1.29, 1.82) is 0 Å². The van der Waals surface area contributed by atoms with Gasteiger partial charge in [0.15, 0.2) is 11.4 Å². The lowest BCUT2D eigenvalue weighted by Gasteiger charge is -2.46. The largest absolute Gasteiger partial charge is 0.368 e. The molecule has 0 saturated carbocycles. The van der Waals surface area contributed by atoms with Gasteiger partial charge in [-0.3, -0.25) is 4.79 Å². The number of hydrogen-bond acceptors (Lipinski definition) is 7. The summed E-state index contributed by atoms with van der Waals surface area (Å²) in [5.74, 6) is 0.430. The predicted octanol–water partition coefficient (Wildman–Crippen LogP) is 6.56. The van der Waals surface area contributed by atoms with Crippen LogP contribution >= 0.6 is 11.8 Å². The molecule has 1 saturated heterocycles. The minimum Gasteiger partial charge on any atom is -0.368 e. The molecule has 1 heterocycles. The van der Waals surface area contributed by atoms with Gasteiger partial charge in [0.05, 0.1) is 25.9 Å². The smallest absolute Gasteiger partial charge is 0.186 e. The van der Waals surface area contributed by atoms with Gasteiger partial charge in [-0.05, 0) is 23.1 Å². The molecule has 1 unspecified atom stereocenters. The van der Waals surface area contributed by atoms with Gasteiger partial charge >= 0.3 is 0 Å². The van der Waals surface area contributed by atoms with Gasteiger partial charge in [0, 0.05) is 19.3 Å². The van der Waals surface area contributed by atoms with Crippen LogP contribution in [0.15, 0.2) is 91.0 Å². The average molecular weight is 565 g/mol. The Bertz CT molecular complexity index is 1110. The molecule has 0 N–H and O–H groups in total. The van der Waals surface area contributed by atoms with E-state index in [2.05, 4.69) is 6.92 Å². The number of carbonyl (C=O) groups is 1. The summed E-state index contributed by atoms with van der Waals surface area (Å²) in [7, 11) is 0. The van der Waals surface area contributed by atoms with Crippen molar-refractivity contribution < 1.29 is 28.5 Å². The maximum Gasteiger partial charge on any atom is 0.186 e. The van der Waals surface area contributed by atoms with Gasteiger partial charge in [0.25, 0.3) is 0 Å². The first-order valence-corrected chi connectivity index (χ1v) is 15.0. The first-order valence-electron chi connectivity index (χ1n) is 14.0. The maximum absolute atomic E-state index is 12.0. The number of unbranched alkanes of at least 4 members (excludes halogenated alkanes) is 1. The predicted molar refractivity (Wildman–Crippen MR) is 158 cm³/mol. The van der Waals surface area contributed by atoms with Crippen LogP contribution in [0.2, 0.25) is 0 Å². The summed E-state index contributed by atoms with van der Waals surface area (Å²) < 4.78 is 32.6. The van der Waals surface area contributed by atoms with E-state index in [9.17, 15) is 4.79 Å².